The molecule has 1 heterocycles. The number of methoxy groups -OCH3 is 1. The van der Waals surface area contributed by atoms with E-state index in [1.807, 2.05) is 6.07 Å². The van der Waals surface area contributed by atoms with Crippen LogP contribution in [-0.2, 0) is 6.61 Å². The van der Waals surface area contributed by atoms with Crippen LogP contribution in [0.5, 0.6) is 17.4 Å². The number of benzene rings is 1. The number of aliphatic hydroxyl groups excluding tert-OH is 1. The molecular weight excluding hydrogens is 294 g/mol. The van der Waals surface area contributed by atoms with Crippen LogP contribution in [0.25, 0.3) is 0 Å². The molecule has 0 amide bonds. The van der Waals surface area contributed by atoms with Crippen LogP contribution in [-0.4, -0.2) is 17.2 Å². The number of rotatable bonds is 4. The minimum Gasteiger partial charge on any atom is -0.479 e. The van der Waals surface area contributed by atoms with Crippen LogP contribution < -0.4 is 15.2 Å². The van der Waals surface area contributed by atoms with Crippen LogP contribution in [0.1, 0.15) is 11.1 Å². The van der Waals surface area contributed by atoms with Gasteiger partial charge in [-0.05, 0) is 18.2 Å². The minimum atomic E-state index is -0.303. The van der Waals surface area contributed by atoms with Gasteiger partial charge in [0.1, 0.15) is 11.4 Å². The summed E-state index contributed by atoms with van der Waals surface area (Å²) in [5.74, 6) is 0.731. The number of anilines is 1. The third-order valence-electron chi connectivity index (χ3n) is 2.69. The average Bonchev–Trinajstić information content (AvgIpc) is 2.48. The van der Waals surface area contributed by atoms with Crippen LogP contribution in [0.15, 0.2) is 24.4 Å². The molecule has 0 bridgehead atoms. The number of aliphatic hydroxyl groups is 1. The van der Waals surface area contributed by atoms with E-state index < -0.39 is 0 Å². The van der Waals surface area contributed by atoms with Crippen molar-refractivity contribution in [3.8, 4) is 23.4 Å². The Balaban J connectivity index is 2.48. The fourth-order valence-electron chi connectivity index (χ4n) is 1.73. The number of nitriles is 1. The Morgan fingerprint density at radius 1 is 1.43 bits per heavy atom. The van der Waals surface area contributed by atoms with Crippen molar-refractivity contribution in [2.24, 2.45) is 0 Å². The highest BCUT2D eigenvalue weighted by Crippen LogP contribution is 2.37. The third kappa shape index (κ3) is 3.16. The average molecular weight is 306 g/mol. The monoisotopic (exact) mass is 305 g/mol. The highest BCUT2D eigenvalue weighted by Gasteiger charge is 2.15. The summed E-state index contributed by atoms with van der Waals surface area (Å²) in [4.78, 5) is 3.96. The van der Waals surface area contributed by atoms with Crippen molar-refractivity contribution in [3.05, 3.63) is 40.5 Å². The topological polar surface area (TPSA) is 101 Å². The molecule has 0 saturated heterocycles. The first-order valence-corrected chi connectivity index (χ1v) is 6.27. The number of nitrogens with zero attached hydrogens (tertiary/aromatic N) is 2. The van der Waals surface area contributed by atoms with Gasteiger partial charge in [0.25, 0.3) is 0 Å². The van der Waals surface area contributed by atoms with Crippen molar-refractivity contribution in [1.82, 2.24) is 4.98 Å². The molecule has 21 heavy (non-hydrogen) atoms. The molecule has 2 rings (SSSR count). The maximum absolute atomic E-state index is 9.35. The van der Waals surface area contributed by atoms with Gasteiger partial charge in [-0.15, -0.1) is 0 Å². The number of hydrogen-bond acceptors (Lipinski definition) is 6. The molecule has 2 aromatic rings. The van der Waals surface area contributed by atoms with Gasteiger partial charge in [-0.3, -0.25) is 0 Å². The van der Waals surface area contributed by atoms with Gasteiger partial charge < -0.3 is 20.3 Å². The van der Waals surface area contributed by atoms with Crippen LogP contribution in [0.2, 0.25) is 5.02 Å². The van der Waals surface area contributed by atoms with E-state index in [1.165, 1.54) is 31.5 Å². The summed E-state index contributed by atoms with van der Waals surface area (Å²) >= 11 is 5.92. The summed E-state index contributed by atoms with van der Waals surface area (Å²) in [7, 11) is 1.42. The number of hydrogen-bond donors (Lipinski definition) is 2. The van der Waals surface area contributed by atoms with Gasteiger partial charge in [-0.1, -0.05) is 11.6 Å². The van der Waals surface area contributed by atoms with Crippen molar-refractivity contribution in [3.63, 3.8) is 0 Å². The second-order valence-electron chi connectivity index (χ2n) is 4.08. The molecule has 1 aromatic carbocycles. The number of nitrogens with two attached hydrogens (primary N) is 1. The molecule has 3 N–H and O–H groups in total. The lowest BCUT2D eigenvalue weighted by atomic mass is 10.2. The second kappa shape index (κ2) is 6.31. The highest BCUT2D eigenvalue weighted by atomic mass is 35.5. The number of ether oxygens (including phenoxy) is 2. The summed E-state index contributed by atoms with van der Waals surface area (Å²) in [6, 6.07) is 6.54. The molecule has 7 heteroatoms. The normalized spacial score (nSPS) is 10.0. The molecule has 108 valence electrons. The van der Waals surface area contributed by atoms with Crippen molar-refractivity contribution in [2.75, 3.05) is 12.8 Å². The largest absolute Gasteiger partial charge is 0.479 e. The molecule has 0 spiro atoms. The maximum Gasteiger partial charge on any atom is 0.240 e. The number of pyridine rings is 1. The molecule has 0 radical (unpaired) electrons. The van der Waals surface area contributed by atoms with Gasteiger partial charge in [0.2, 0.25) is 5.88 Å². The van der Waals surface area contributed by atoms with Gasteiger partial charge in [-0.25, -0.2) is 4.98 Å². The Morgan fingerprint density at radius 3 is 2.81 bits per heavy atom. The summed E-state index contributed by atoms with van der Waals surface area (Å²) in [5.41, 5.74) is 6.81. The van der Waals surface area contributed by atoms with Crippen LogP contribution >= 0.6 is 11.6 Å². The van der Waals surface area contributed by atoms with E-state index in [9.17, 15) is 5.11 Å². The zero-order valence-electron chi connectivity index (χ0n) is 11.1. The highest BCUT2D eigenvalue weighted by molar-refractivity contribution is 6.30. The Labute approximate surface area is 126 Å². The Bertz CT molecular complexity index is 713. The van der Waals surface area contributed by atoms with Crippen LogP contribution in [0.4, 0.5) is 5.69 Å². The van der Waals surface area contributed by atoms with Crippen molar-refractivity contribution in [1.29, 1.82) is 5.26 Å². The van der Waals surface area contributed by atoms with E-state index >= 15 is 0 Å². The van der Waals surface area contributed by atoms with Gasteiger partial charge in [0.15, 0.2) is 5.75 Å². The maximum atomic E-state index is 9.35. The molecule has 0 saturated carbocycles. The molecule has 0 fully saturated rings. The Morgan fingerprint density at radius 2 is 2.19 bits per heavy atom. The SMILES string of the molecule is COc1ncc(CO)c(Oc2cc(Cl)cc(C#N)c2)c1N. The van der Waals surface area contributed by atoms with Crippen molar-refractivity contribution in [2.45, 2.75) is 6.61 Å². The molecule has 0 atom stereocenters. The van der Waals surface area contributed by atoms with Gasteiger partial charge in [-0.2, -0.15) is 5.26 Å². The molecule has 0 aliphatic carbocycles. The lowest BCUT2D eigenvalue weighted by Crippen LogP contribution is -2.02. The molecule has 0 aliphatic heterocycles. The minimum absolute atomic E-state index is 0.155. The van der Waals surface area contributed by atoms with E-state index in [0.717, 1.165) is 0 Å². The summed E-state index contributed by atoms with van der Waals surface area (Å²) in [6.45, 7) is -0.303. The van der Waals surface area contributed by atoms with E-state index in [0.29, 0.717) is 21.9 Å². The number of nitrogen functional groups attached to an aromatic ring is 1. The van der Waals surface area contributed by atoms with Crippen molar-refractivity contribution >= 4 is 17.3 Å². The Hall–Kier alpha value is -2.49. The summed E-state index contributed by atoms with van der Waals surface area (Å²) < 4.78 is 10.7. The van der Waals surface area contributed by atoms with Gasteiger partial charge >= 0.3 is 0 Å². The zero-order valence-corrected chi connectivity index (χ0v) is 11.9. The fraction of sp³-hybridized carbons (Fsp3) is 0.143. The fourth-order valence-corrected chi connectivity index (χ4v) is 1.96. The molecular formula is C14H12ClN3O3. The lowest BCUT2D eigenvalue weighted by Gasteiger charge is -2.14. The van der Waals surface area contributed by atoms with Crippen molar-refractivity contribution < 1.29 is 14.6 Å². The smallest absolute Gasteiger partial charge is 0.240 e. The molecule has 0 aliphatic rings. The predicted octanol–water partition coefficient (Wildman–Crippen LogP) is 2.48. The first kappa shape index (κ1) is 14.9. The van der Waals surface area contributed by atoms with Crippen LogP contribution in [0.3, 0.4) is 0 Å². The number of aromatic nitrogens is 1. The van der Waals surface area contributed by atoms with Gasteiger partial charge in [0, 0.05) is 16.8 Å². The predicted molar refractivity (Wildman–Crippen MR) is 77.4 cm³/mol. The standard InChI is InChI=1S/C14H12ClN3O3/c1-20-14-12(17)13(9(7-19)6-18-14)21-11-3-8(5-16)2-10(15)4-11/h2-4,6,19H,7,17H2,1H3. The van der Waals surface area contributed by atoms with Gasteiger partial charge in [0.05, 0.1) is 25.3 Å². The third-order valence-corrected chi connectivity index (χ3v) is 2.91. The quantitative estimate of drug-likeness (QED) is 0.899. The van der Waals surface area contributed by atoms with E-state index in [1.54, 1.807) is 0 Å². The summed E-state index contributed by atoms with van der Waals surface area (Å²) in [5, 5.41) is 18.6. The van der Waals surface area contributed by atoms with Crippen LogP contribution in [0, 0.1) is 11.3 Å². The lowest BCUT2D eigenvalue weighted by molar-refractivity contribution is 0.275. The first-order chi connectivity index (χ1) is 10.1. The second-order valence-corrected chi connectivity index (χ2v) is 4.52. The van der Waals surface area contributed by atoms with E-state index in [2.05, 4.69) is 4.98 Å². The number of halogens is 1. The molecule has 0 unspecified atom stereocenters. The molecule has 1 aromatic heterocycles. The molecule has 6 nitrogen and oxygen atoms in total. The first-order valence-electron chi connectivity index (χ1n) is 5.89. The van der Waals surface area contributed by atoms with E-state index in [-0.39, 0.29) is 23.9 Å². The zero-order chi connectivity index (χ0) is 15.4. The summed E-state index contributed by atoms with van der Waals surface area (Å²) in [6.07, 6.45) is 1.40. The van der Waals surface area contributed by atoms with E-state index in [4.69, 9.17) is 32.1 Å². The Kier molecular flexibility index (Phi) is 4.48.